The number of aromatic hydroxyl groups is 1. The van der Waals surface area contributed by atoms with E-state index >= 15 is 4.39 Å². The smallest absolute Gasteiger partial charge is 0.490 e. The number of phenols is 1. The lowest BCUT2D eigenvalue weighted by Crippen LogP contribution is -2.21. The summed E-state index contributed by atoms with van der Waals surface area (Å²) in [6.07, 6.45) is -2.66. The fourth-order valence-corrected chi connectivity index (χ4v) is 4.20. The third kappa shape index (κ3) is 6.57. The Morgan fingerprint density at radius 3 is 2.48 bits per heavy atom. The first-order valence-electron chi connectivity index (χ1n) is 12.6. The molecular weight excluding hydrogens is 556 g/mol. The van der Waals surface area contributed by atoms with Gasteiger partial charge in [-0.1, -0.05) is 31.2 Å². The molecule has 1 unspecified atom stereocenters. The van der Waals surface area contributed by atoms with E-state index in [-0.39, 0.29) is 11.6 Å². The van der Waals surface area contributed by atoms with Gasteiger partial charge in [-0.15, -0.1) is 0 Å². The van der Waals surface area contributed by atoms with Gasteiger partial charge in [0, 0.05) is 29.9 Å². The number of hydrogen-bond acceptors (Lipinski definition) is 7. The molecular formula is C29H26F4N6O3. The number of nitrogens with two attached hydrogens (primary N) is 1. The molecule has 0 amide bonds. The van der Waals surface area contributed by atoms with Gasteiger partial charge in [0.15, 0.2) is 11.6 Å². The summed E-state index contributed by atoms with van der Waals surface area (Å²) in [5.74, 6) is -1.71. The molecule has 2 aromatic heterocycles. The Hall–Kier alpha value is -5.20. The van der Waals surface area contributed by atoms with E-state index in [4.69, 9.17) is 20.6 Å². The summed E-state index contributed by atoms with van der Waals surface area (Å²) in [5.41, 5.74) is 8.74. The quantitative estimate of drug-likeness (QED) is 0.183. The molecule has 0 fully saturated rings. The predicted molar refractivity (Wildman–Crippen MR) is 149 cm³/mol. The fourth-order valence-electron chi connectivity index (χ4n) is 4.20. The van der Waals surface area contributed by atoms with Crippen LogP contribution in [-0.2, 0) is 18.3 Å². The van der Waals surface area contributed by atoms with Crippen molar-refractivity contribution in [3.8, 4) is 17.1 Å². The van der Waals surface area contributed by atoms with Crippen molar-refractivity contribution in [3.05, 3.63) is 95.7 Å². The van der Waals surface area contributed by atoms with Gasteiger partial charge in [-0.05, 0) is 59.8 Å². The lowest BCUT2D eigenvalue weighted by atomic mass is 10.0. The van der Waals surface area contributed by atoms with Crippen LogP contribution in [0.2, 0.25) is 0 Å². The number of nitrogens with one attached hydrogen (secondary N) is 1. The lowest BCUT2D eigenvalue weighted by Gasteiger charge is -2.21. The van der Waals surface area contributed by atoms with E-state index in [9.17, 15) is 18.3 Å². The van der Waals surface area contributed by atoms with Gasteiger partial charge >= 0.3 is 12.1 Å². The average molecular weight is 583 g/mol. The number of anilines is 2. The number of aliphatic carboxylic acids is 1. The summed E-state index contributed by atoms with van der Waals surface area (Å²) >= 11 is 0. The number of carbonyl (C=O) groups is 1. The van der Waals surface area contributed by atoms with Crippen LogP contribution in [0.1, 0.15) is 29.9 Å². The normalized spacial score (nSPS) is 12.0. The van der Waals surface area contributed by atoms with Crippen molar-refractivity contribution in [3.63, 3.8) is 0 Å². The molecule has 218 valence electrons. The maximum absolute atomic E-state index is 15.2. The Labute approximate surface area is 237 Å². The highest BCUT2D eigenvalue weighted by atomic mass is 19.4. The molecule has 0 aliphatic carbocycles. The van der Waals surface area contributed by atoms with Gasteiger partial charge in [-0.3, -0.25) is 4.68 Å². The molecule has 0 aliphatic heterocycles. The van der Waals surface area contributed by atoms with E-state index < -0.39 is 18.2 Å². The molecule has 0 spiro atoms. The van der Waals surface area contributed by atoms with Crippen molar-refractivity contribution in [2.45, 2.75) is 25.6 Å². The van der Waals surface area contributed by atoms with Gasteiger partial charge in [0.2, 0.25) is 0 Å². The molecule has 0 saturated heterocycles. The maximum atomic E-state index is 15.2. The topological polar surface area (TPSA) is 139 Å². The number of nitrogens with zero attached hydrogens (tertiary/aromatic N) is 4. The number of benzene rings is 3. The number of phenolic OH excluding ortho intramolecular Hbond substituents is 1. The summed E-state index contributed by atoms with van der Waals surface area (Å²) in [5, 5.41) is 27.2. The fraction of sp³-hybridized carbons (Fsp3) is 0.172. The minimum atomic E-state index is -5.08. The molecule has 0 saturated carbocycles. The van der Waals surface area contributed by atoms with Crippen LogP contribution in [0.25, 0.3) is 22.2 Å². The van der Waals surface area contributed by atoms with Crippen molar-refractivity contribution >= 4 is 28.2 Å². The van der Waals surface area contributed by atoms with Crippen molar-refractivity contribution in [1.82, 2.24) is 19.7 Å². The van der Waals surface area contributed by atoms with E-state index in [0.29, 0.717) is 28.6 Å². The second kappa shape index (κ2) is 12.1. The Morgan fingerprint density at radius 2 is 1.81 bits per heavy atom. The van der Waals surface area contributed by atoms with Gasteiger partial charge in [-0.2, -0.15) is 18.3 Å². The minimum Gasteiger partial charge on any atom is -0.507 e. The van der Waals surface area contributed by atoms with Crippen LogP contribution in [0.5, 0.6) is 5.75 Å². The molecule has 0 radical (unpaired) electrons. The molecule has 5 N–H and O–H groups in total. The highest BCUT2D eigenvalue weighted by Gasteiger charge is 2.38. The second-order valence-electron chi connectivity index (χ2n) is 9.16. The third-order valence-electron chi connectivity index (χ3n) is 6.33. The standard InChI is InChI=1S/C27H25FN6O.C2HF3O2/c1-3-16-8-11-22(28)21(14-16)24(31-18-9-10-19-17(15-18)12-13-30-25(19)29)27-32-26(33-34(27)2)20-6-4-5-7-23(20)35;3-2(4,5)1(6)7/h4-15,24,31,35H,3H2,1-2H3,(H2,29,30);(H,6,7). The Bertz CT molecular complexity index is 1740. The molecule has 5 aromatic rings. The SMILES string of the molecule is CCc1ccc(F)c(C(Nc2ccc3c(N)nccc3c2)c2nc(-c3ccccc3O)nn2C)c1.O=C(O)C(F)(F)F. The van der Waals surface area contributed by atoms with E-state index in [1.54, 1.807) is 48.3 Å². The summed E-state index contributed by atoms with van der Waals surface area (Å²) in [7, 11) is 1.76. The zero-order chi connectivity index (χ0) is 30.6. The summed E-state index contributed by atoms with van der Waals surface area (Å²) in [6.45, 7) is 2.03. The van der Waals surface area contributed by atoms with Gasteiger partial charge in [0.1, 0.15) is 23.4 Å². The van der Waals surface area contributed by atoms with E-state index in [1.165, 1.54) is 6.07 Å². The number of alkyl halides is 3. The largest absolute Gasteiger partial charge is 0.507 e. The maximum Gasteiger partial charge on any atom is 0.490 e. The van der Waals surface area contributed by atoms with Crippen LogP contribution in [-0.4, -0.2) is 42.1 Å². The van der Waals surface area contributed by atoms with Gasteiger partial charge in [0.05, 0.1) is 5.56 Å². The third-order valence-corrected chi connectivity index (χ3v) is 6.33. The van der Waals surface area contributed by atoms with Crippen LogP contribution in [0, 0.1) is 5.82 Å². The summed E-state index contributed by atoms with van der Waals surface area (Å²) < 4.78 is 48.6. The first kappa shape index (κ1) is 29.8. The lowest BCUT2D eigenvalue weighted by molar-refractivity contribution is -0.192. The van der Waals surface area contributed by atoms with Crippen LogP contribution in [0.4, 0.5) is 29.1 Å². The number of fused-ring (bicyclic) bond motifs is 1. The van der Waals surface area contributed by atoms with Gasteiger partial charge in [-0.25, -0.2) is 19.2 Å². The average Bonchev–Trinajstić information content (AvgIpc) is 3.33. The van der Waals surface area contributed by atoms with E-state index in [0.717, 1.165) is 28.4 Å². The Balaban J connectivity index is 0.000000517. The number of carboxylic acids is 1. The van der Waals surface area contributed by atoms with Crippen LogP contribution in [0.3, 0.4) is 0 Å². The molecule has 9 nitrogen and oxygen atoms in total. The Morgan fingerprint density at radius 1 is 1.10 bits per heavy atom. The summed E-state index contributed by atoms with van der Waals surface area (Å²) in [4.78, 5) is 17.8. The first-order chi connectivity index (χ1) is 19.9. The number of hydrogen-bond donors (Lipinski definition) is 4. The minimum absolute atomic E-state index is 0.0778. The Kier molecular flexibility index (Phi) is 8.59. The first-order valence-corrected chi connectivity index (χ1v) is 12.6. The molecule has 2 heterocycles. The zero-order valence-electron chi connectivity index (χ0n) is 22.4. The van der Waals surface area contributed by atoms with Crippen molar-refractivity contribution in [2.75, 3.05) is 11.1 Å². The van der Waals surface area contributed by atoms with Gasteiger partial charge < -0.3 is 21.3 Å². The number of aromatic nitrogens is 4. The van der Waals surface area contributed by atoms with E-state index in [1.807, 2.05) is 37.3 Å². The number of nitrogen functional groups attached to an aromatic ring is 1. The number of aryl methyl sites for hydroxylation is 2. The molecule has 3 aromatic carbocycles. The molecule has 13 heteroatoms. The number of rotatable bonds is 6. The second-order valence-corrected chi connectivity index (χ2v) is 9.16. The predicted octanol–water partition coefficient (Wildman–Crippen LogP) is 5.85. The van der Waals surface area contributed by atoms with Crippen molar-refractivity contribution in [2.24, 2.45) is 7.05 Å². The number of halogens is 4. The van der Waals surface area contributed by atoms with Crippen molar-refractivity contribution < 1.29 is 32.6 Å². The van der Waals surface area contributed by atoms with Crippen LogP contribution >= 0.6 is 0 Å². The highest BCUT2D eigenvalue weighted by molar-refractivity contribution is 5.93. The number of para-hydroxylation sites is 1. The molecule has 0 bridgehead atoms. The van der Waals surface area contributed by atoms with Crippen LogP contribution < -0.4 is 11.1 Å². The van der Waals surface area contributed by atoms with Crippen LogP contribution in [0.15, 0.2) is 72.9 Å². The summed E-state index contributed by atoms with van der Waals surface area (Å²) in [6, 6.07) is 18.9. The molecule has 0 aliphatic rings. The molecule has 5 rings (SSSR count). The monoisotopic (exact) mass is 582 g/mol. The van der Waals surface area contributed by atoms with Crippen molar-refractivity contribution in [1.29, 1.82) is 0 Å². The van der Waals surface area contributed by atoms with E-state index in [2.05, 4.69) is 15.4 Å². The number of pyridine rings is 1. The molecule has 1 atom stereocenters. The zero-order valence-corrected chi connectivity index (χ0v) is 22.4. The van der Waals surface area contributed by atoms with Gasteiger partial charge in [0.25, 0.3) is 0 Å². The molecule has 42 heavy (non-hydrogen) atoms. The number of carboxylic acid groups (broad SMARTS) is 1. The highest BCUT2D eigenvalue weighted by Crippen LogP contribution is 2.33.